The van der Waals surface area contributed by atoms with Gasteiger partial charge in [0.1, 0.15) is 0 Å². The molecule has 1 heterocycles. The van der Waals surface area contributed by atoms with Gasteiger partial charge in [-0.15, -0.1) is 0 Å². The van der Waals surface area contributed by atoms with Gasteiger partial charge < -0.3 is 5.32 Å². The lowest BCUT2D eigenvalue weighted by Gasteiger charge is -2.16. The summed E-state index contributed by atoms with van der Waals surface area (Å²) in [5.41, 5.74) is 0.643. The van der Waals surface area contributed by atoms with Gasteiger partial charge in [0.25, 0.3) is 11.5 Å². The number of aryl methyl sites for hydroxylation is 1. The number of nitrogens with two attached hydrogens (primary N) is 1. The third kappa shape index (κ3) is 4.36. The first-order chi connectivity index (χ1) is 13.7. The Morgan fingerprint density at radius 1 is 1.14 bits per heavy atom. The first-order valence-electron chi connectivity index (χ1n) is 9.16. The van der Waals surface area contributed by atoms with Crippen molar-refractivity contribution in [1.82, 2.24) is 15.1 Å². The fourth-order valence-electron chi connectivity index (χ4n) is 3.06. The average molecular weight is 414 g/mol. The van der Waals surface area contributed by atoms with Crippen molar-refractivity contribution in [3.05, 3.63) is 70.1 Å². The lowest BCUT2D eigenvalue weighted by molar-refractivity contribution is 0.0934. The highest BCUT2D eigenvalue weighted by atomic mass is 32.2. The van der Waals surface area contributed by atoms with Gasteiger partial charge in [0.2, 0.25) is 10.0 Å². The standard InChI is InChI=1S/C20H22N4O4S/c1-3-12-24-20(26)17-7-5-4-6-16(17)18(23-24)19(25)22-13(2)14-8-10-15(11-9-14)29(21,27)28/h4-11,13H,3,12H2,1-2H3,(H,22,25)(H2,21,27,28)/t13-/m0/s1. The molecule has 0 aliphatic heterocycles. The molecule has 0 spiro atoms. The van der Waals surface area contributed by atoms with Gasteiger partial charge >= 0.3 is 0 Å². The zero-order valence-electron chi connectivity index (χ0n) is 16.1. The van der Waals surface area contributed by atoms with Crippen LogP contribution in [0, 0.1) is 0 Å². The van der Waals surface area contributed by atoms with Gasteiger partial charge in [-0.05, 0) is 37.1 Å². The van der Waals surface area contributed by atoms with Gasteiger partial charge in [-0.1, -0.05) is 37.3 Å². The van der Waals surface area contributed by atoms with Crippen LogP contribution in [0.1, 0.15) is 42.4 Å². The van der Waals surface area contributed by atoms with Gasteiger partial charge in [-0.25, -0.2) is 18.2 Å². The van der Waals surface area contributed by atoms with E-state index in [1.165, 1.54) is 16.8 Å². The van der Waals surface area contributed by atoms with Crippen LogP contribution in [0.5, 0.6) is 0 Å². The lowest BCUT2D eigenvalue weighted by Crippen LogP contribution is -2.32. The number of rotatable bonds is 6. The average Bonchev–Trinajstić information content (AvgIpc) is 2.69. The molecule has 3 aromatic rings. The summed E-state index contributed by atoms with van der Waals surface area (Å²) in [4.78, 5) is 25.5. The second-order valence-electron chi connectivity index (χ2n) is 6.73. The lowest BCUT2D eigenvalue weighted by atomic mass is 10.1. The Morgan fingerprint density at radius 3 is 2.34 bits per heavy atom. The molecule has 1 aromatic heterocycles. The number of aromatic nitrogens is 2. The van der Waals surface area contributed by atoms with Crippen LogP contribution >= 0.6 is 0 Å². The van der Waals surface area contributed by atoms with E-state index in [0.29, 0.717) is 29.3 Å². The fraction of sp³-hybridized carbons (Fsp3) is 0.250. The van der Waals surface area contributed by atoms with Crippen molar-refractivity contribution in [3.63, 3.8) is 0 Å². The van der Waals surface area contributed by atoms with Crippen molar-refractivity contribution in [2.24, 2.45) is 5.14 Å². The number of benzene rings is 2. The number of sulfonamides is 1. The Balaban J connectivity index is 1.93. The summed E-state index contributed by atoms with van der Waals surface area (Å²) in [5.74, 6) is -0.422. The van der Waals surface area contributed by atoms with E-state index in [1.807, 2.05) is 6.92 Å². The second-order valence-corrected chi connectivity index (χ2v) is 8.29. The van der Waals surface area contributed by atoms with Crippen LogP contribution in [0.3, 0.4) is 0 Å². The number of amides is 1. The number of carbonyl (C=O) groups is 1. The van der Waals surface area contributed by atoms with Gasteiger partial charge in [-0.3, -0.25) is 9.59 Å². The van der Waals surface area contributed by atoms with Gasteiger partial charge in [0, 0.05) is 11.9 Å². The highest BCUT2D eigenvalue weighted by Gasteiger charge is 2.19. The van der Waals surface area contributed by atoms with Crippen molar-refractivity contribution in [1.29, 1.82) is 0 Å². The number of nitrogens with zero attached hydrogens (tertiary/aromatic N) is 2. The zero-order valence-corrected chi connectivity index (χ0v) is 16.9. The van der Waals surface area contributed by atoms with Crippen LogP contribution in [0.25, 0.3) is 10.8 Å². The Morgan fingerprint density at radius 2 is 1.76 bits per heavy atom. The van der Waals surface area contributed by atoms with Crippen LogP contribution in [0.4, 0.5) is 0 Å². The number of hydrogen-bond acceptors (Lipinski definition) is 5. The Bertz CT molecular complexity index is 1220. The molecule has 0 fully saturated rings. The number of primary sulfonamides is 1. The predicted molar refractivity (Wildman–Crippen MR) is 110 cm³/mol. The van der Waals surface area contributed by atoms with E-state index < -0.39 is 22.0 Å². The van der Waals surface area contributed by atoms with Crippen molar-refractivity contribution in [2.75, 3.05) is 0 Å². The fourth-order valence-corrected chi connectivity index (χ4v) is 3.58. The van der Waals surface area contributed by atoms with Gasteiger partial charge in [0.05, 0.1) is 16.3 Å². The van der Waals surface area contributed by atoms with Crippen LogP contribution in [-0.2, 0) is 16.6 Å². The molecule has 0 saturated heterocycles. The molecule has 29 heavy (non-hydrogen) atoms. The maximum atomic E-state index is 12.9. The Kier molecular flexibility index (Phi) is 5.81. The van der Waals surface area contributed by atoms with E-state index in [0.717, 1.165) is 0 Å². The van der Waals surface area contributed by atoms with Crippen LogP contribution in [-0.4, -0.2) is 24.1 Å². The van der Waals surface area contributed by atoms with Crippen molar-refractivity contribution in [2.45, 2.75) is 37.8 Å². The van der Waals surface area contributed by atoms with E-state index in [-0.39, 0.29) is 16.1 Å². The quantitative estimate of drug-likeness (QED) is 0.638. The molecule has 2 aromatic carbocycles. The molecule has 8 nitrogen and oxygen atoms in total. The first kappa shape index (κ1) is 20.7. The van der Waals surface area contributed by atoms with E-state index in [9.17, 15) is 18.0 Å². The summed E-state index contributed by atoms with van der Waals surface area (Å²) in [6.07, 6.45) is 0.707. The summed E-state index contributed by atoms with van der Waals surface area (Å²) in [6, 6.07) is 12.4. The topological polar surface area (TPSA) is 124 Å². The minimum atomic E-state index is -3.78. The molecule has 0 radical (unpaired) electrons. The minimum Gasteiger partial charge on any atom is -0.344 e. The van der Waals surface area contributed by atoms with Crippen molar-refractivity contribution < 1.29 is 13.2 Å². The van der Waals surface area contributed by atoms with Crippen molar-refractivity contribution in [3.8, 4) is 0 Å². The molecule has 0 unspecified atom stereocenters. The number of carbonyl (C=O) groups excluding carboxylic acids is 1. The maximum Gasteiger partial charge on any atom is 0.274 e. The smallest absolute Gasteiger partial charge is 0.274 e. The summed E-state index contributed by atoms with van der Waals surface area (Å²) < 4.78 is 24.1. The Hall–Kier alpha value is -3.04. The molecular weight excluding hydrogens is 392 g/mol. The summed E-state index contributed by atoms with van der Waals surface area (Å²) in [7, 11) is -3.78. The van der Waals surface area contributed by atoms with Crippen LogP contribution in [0.2, 0.25) is 0 Å². The molecule has 9 heteroatoms. The molecule has 152 valence electrons. The monoisotopic (exact) mass is 414 g/mol. The molecule has 0 bridgehead atoms. The molecule has 1 atom stereocenters. The molecule has 0 aliphatic rings. The van der Waals surface area contributed by atoms with Gasteiger partial charge in [0.15, 0.2) is 5.69 Å². The largest absolute Gasteiger partial charge is 0.344 e. The summed E-state index contributed by atoms with van der Waals surface area (Å²) >= 11 is 0. The third-order valence-corrected chi connectivity index (χ3v) is 5.50. The van der Waals surface area contributed by atoms with Crippen molar-refractivity contribution >= 4 is 26.7 Å². The highest BCUT2D eigenvalue weighted by Crippen LogP contribution is 2.18. The number of nitrogens with one attached hydrogen (secondary N) is 1. The third-order valence-electron chi connectivity index (χ3n) is 4.57. The van der Waals surface area contributed by atoms with E-state index in [2.05, 4.69) is 10.4 Å². The molecular formula is C20H22N4O4S. The summed E-state index contributed by atoms with van der Waals surface area (Å²) in [5, 5.41) is 13.2. The molecule has 3 rings (SSSR count). The van der Waals surface area contributed by atoms with Crippen LogP contribution < -0.4 is 16.0 Å². The number of hydrogen-bond donors (Lipinski definition) is 2. The second kappa shape index (κ2) is 8.14. The van der Waals surface area contributed by atoms with Crippen LogP contribution in [0.15, 0.2) is 58.2 Å². The molecule has 0 aliphatic carbocycles. The Labute approximate surface area is 168 Å². The SMILES string of the molecule is CCCn1nc(C(=O)N[C@@H](C)c2ccc(S(N)(=O)=O)cc2)c2ccccc2c1=O. The molecule has 3 N–H and O–H groups in total. The number of fused-ring (bicyclic) bond motifs is 1. The predicted octanol–water partition coefficient (Wildman–Crippen LogP) is 1.94. The van der Waals surface area contributed by atoms with Gasteiger partial charge in [-0.2, -0.15) is 5.10 Å². The summed E-state index contributed by atoms with van der Waals surface area (Å²) in [6.45, 7) is 4.11. The molecule has 1 amide bonds. The van der Waals surface area contributed by atoms with E-state index in [4.69, 9.17) is 5.14 Å². The minimum absolute atomic E-state index is 0.000853. The first-order valence-corrected chi connectivity index (χ1v) is 10.7. The van der Waals surface area contributed by atoms with E-state index in [1.54, 1.807) is 43.3 Å². The molecule has 0 saturated carbocycles. The highest BCUT2D eigenvalue weighted by molar-refractivity contribution is 7.89. The zero-order chi connectivity index (χ0) is 21.2. The van der Waals surface area contributed by atoms with E-state index >= 15 is 0 Å². The normalized spacial score (nSPS) is 12.7. The maximum absolute atomic E-state index is 12.9.